The number of allylic oxidation sites excluding steroid dienone is 1. The lowest BCUT2D eigenvalue weighted by Gasteiger charge is -2.03. The number of ether oxygens (including phenoxy) is 1. The van der Waals surface area contributed by atoms with Crippen molar-refractivity contribution in [1.29, 1.82) is 0 Å². The van der Waals surface area contributed by atoms with Gasteiger partial charge in [0.25, 0.3) is 0 Å². The minimum atomic E-state index is 0.681. The van der Waals surface area contributed by atoms with Crippen molar-refractivity contribution in [2.75, 3.05) is 7.11 Å². The normalized spacial score (nSPS) is 10.8. The van der Waals surface area contributed by atoms with Gasteiger partial charge >= 0.3 is 0 Å². The molecule has 0 saturated heterocycles. The molecule has 0 heterocycles. The fraction of sp³-hybridized carbons (Fsp3) is 0.273. The second-order valence-corrected chi connectivity index (χ2v) is 2.63. The van der Waals surface area contributed by atoms with Crippen molar-refractivity contribution in [2.24, 2.45) is 0 Å². The average molecular weight is 162 g/mol. The third-order valence-electron chi connectivity index (χ3n) is 1.70. The van der Waals surface area contributed by atoms with E-state index in [-0.39, 0.29) is 0 Å². The summed E-state index contributed by atoms with van der Waals surface area (Å²) in [7, 11) is 1.71. The molecule has 0 aliphatic carbocycles. The number of benzene rings is 1. The molecule has 0 N–H and O–H groups in total. The predicted octanol–water partition coefficient (Wildman–Crippen LogP) is 2.87. The molecule has 0 amide bonds. The Labute approximate surface area is 73.7 Å². The number of hydrogen-bond donors (Lipinski definition) is 0. The van der Waals surface area contributed by atoms with Crippen LogP contribution in [0.25, 0.3) is 6.08 Å². The summed E-state index contributed by atoms with van der Waals surface area (Å²) in [5.41, 5.74) is 2.47. The first-order valence-electron chi connectivity index (χ1n) is 4.08. The monoisotopic (exact) mass is 162 g/mol. The number of methoxy groups -OCH3 is 1. The van der Waals surface area contributed by atoms with Crippen molar-refractivity contribution < 1.29 is 4.74 Å². The SMILES string of the molecule is CC=Cc1ccccc1COC. The van der Waals surface area contributed by atoms with Gasteiger partial charge in [-0.2, -0.15) is 0 Å². The van der Waals surface area contributed by atoms with Gasteiger partial charge in [0, 0.05) is 7.11 Å². The van der Waals surface area contributed by atoms with Gasteiger partial charge in [0.05, 0.1) is 6.61 Å². The zero-order valence-electron chi connectivity index (χ0n) is 7.58. The van der Waals surface area contributed by atoms with Gasteiger partial charge in [0.2, 0.25) is 0 Å². The van der Waals surface area contributed by atoms with E-state index in [1.54, 1.807) is 7.11 Å². The molecule has 0 aromatic heterocycles. The zero-order chi connectivity index (χ0) is 8.81. The molecule has 0 atom stereocenters. The van der Waals surface area contributed by atoms with Crippen LogP contribution in [0.2, 0.25) is 0 Å². The molecule has 0 spiro atoms. The minimum Gasteiger partial charge on any atom is -0.380 e. The second kappa shape index (κ2) is 4.73. The highest BCUT2D eigenvalue weighted by Crippen LogP contribution is 2.11. The van der Waals surface area contributed by atoms with Gasteiger partial charge in [0.15, 0.2) is 0 Å². The third-order valence-corrected chi connectivity index (χ3v) is 1.70. The van der Waals surface area contributed by atoms with Gasteiger partial charge in [0.1, 0.15) is 0 Å². The minimum absolute atomic E-state index is 0.681. The van der Waals surface area contributed by atoms with Crippen LogP contribution in [-0.2, 0) is 11.3 Å². The quantitative estimate of drug-likeness (QED) is 0.664. The molecule has 0 aliphatic heterocycles. The molecule has 0 bridgehead atoms. The van der Waals surface area contributed by atoms with Crippen LogP contribution in [0.3, 0.4) is 0 Å². The van der Waals surface area contributed by atoms with Gasteiger partial charge in [-0.1, -0.05) is 36.4 Å². The summed E-state index contributed by atoms with van der Waals surface area (Å²) < 4.78 is 5.08. The first kappa shape index (κ1) is 9.01. The Morgan fingerprint density at radius 1 is 1.33 bits per heavy atom. The van der Waals surface area contributed by atoms with Gasteiger partial charge in [-0.05, 0) is 18.1 Å². The Hall–Kier alpha value is -1.08. The van der Waals surface area contributed by atoms with E-state index < -0.39 is 0 Å². The Bertz CT molecular complexity index is 263. The lowest BCUT2D eigenvalue weighted by molar-refractivity contribution is 0.184. The predicted molar refractivity (Wildman–Crippen MR) is 51.9 cm³/mol. The lowest BCUT2D eigenvalue weighted by atomic mass is 10.1. The van der Waals surface area contributed by atoms with Crippen LogP contribution in [0.5, 0.6) is 0 Å². The molecule has 0 radical (unpaired) electrons. The van der Waals surface area contributed by atoms with Crippen molar-refractivity contribution in [3.05, 3.63) is 41.5 Å². The summed E-state index contributed by atoms with van der Waals surface area (Å²) in [5, 5.41) is 0. The summed E-state index contributed by atoms with van der Waals surface area (Å²) in [6, 6.07) is 8.24. The summed E-state index contributed by atoms with van der Waals surface area (Å²) >= 11 is 0. The highest BCUT2D eigenvalue weighted by atomic mass is 16.5. The van der Waals surface area contributed by atoms with Crippen LogP contribution in [0, 0.1) is 0 Å². The van der Waals surface area contributed by atoms with Crippen molar-refractivity contribution in [3.8, 4) is 0 Å². The summed E-state index contributed by atoms with van der Waals surface area (Å²) in [5.74, 6) is 0. The smallest absolute Gasteiger partial charge is 0.0718 e. The van der Waals surface area contributed by atoms with Gasteiger partial charge in [-0.3, -0.25) is 0 Å². The van der Waals surface area contributed by atoms with Crippen molar-refractivity contribution >= 4 is 6.08 Å². The van der Waals surface area contributed by atoms with E-state index in [4.69, 9.17) is 4.74 Å². The van der Waals surface area contributed by atoms with Gasteiger partial charge in [-0.25, -0.2) is 0 Å². The fourth-order valence-corrected chi connectivity index (χ4v) is 1.16. The van der Waals surface area contributed by atoms with E-state index in [1.165, 1.54) is 11.1 Å². The van der Waals surface area contributed by atoms with Crippen LogP contribution >= 0.6 is 0 Å². The maximum atomic E-state index is 5.08. The van der Waals surface area contributed by atoms with Crippen LogP contribution in [0.4, 0.5) is 0 Å². The molecule has 12 heavy (non-hydrogen) atoms. The molecular weight excluding hydrogens is 148 g/mol. The summed E-state index contributed by atoms with van der Waals surface area (Å²) in [6.07, 6.45) is 4.13. The first-order chi connectivity index (χ1) is 5.88. The second-order valence-electron chi connectivity index (χ2n) is 2.63. The fourth-order valence-electron chi connectivity index (χ4n) is 1.16. The Kier molecular flexibility index (Phi) is 3.55. The van der Waals surface area contributed by atoms with Gasteiger partial charge in [-0.15, -0.1) is 0 Å². The largest absolute Gasteiger partial charge is 0.380 e. The molecule has 1 rings (SSSR count). The lowest BCUT2D eigenvalue weighted by Crippen LogP contribution is -1.90. The molecule has 1 nitrogen and oxygen atoms in total. The van der Waals surface area contributed by atoms with E-state index in [1.807, 2.05) is 25.1 Å². The highest BCUT2D eigenvalue weighted by Gasteiger charge is 1.95. The highest BCUT2D eigenvalue weighted by molar-refractivity contribution is 5.53. The molecule has 0 fully saturated rings. The Morgan fingerprint density at radius 3 is 2.75 bits per heavy atom. The maximum Gasteiger partial charge on any atom is 0.0718 e. The summed E-state index contributed by atoms with van der Waals surface area (Å²) in [4.78, 5) is 0. The van der Waals surface area contributed by atoms with E-state index >= 15 is 0 Å². The van der Waals surface area contributed by atoms with E-state index in [2.05, 4.69) is 18.2 Å². The van der Waals surface area contributed by atoms with E-state index in [0.29, 0.717) is 6.61 Å². The van der Waals surface area contributed by atoms with Crippen LogP contribution < -0.4 is 0 Å². The molecule has 0 saturated carbocycles. The van der Waals surface area contributed by atoms with Crippen LogP contribution in [-0.4, -0.2) is 7.11 Å². The van der Waals surface area contributed by atoms with E-state index in [0.717, 1.165) is 0 Å². The standard InChI is InChI=1S/C11H14O/c1-3-6-10-7-4-5-8-11(10)9-12-2/h3-8H,9H2,1-2H3. The van der Waals surface area contributed by atoms with Crippen molar-refractivity contribution in [3.63, 3.8) is 0 Å². The summed E-state index contributed by atoms with van der Waals surface area (Å²) in [6.45, 7) is 2.70. The van der Waals surface area contributed by atoms with Crippen LogP contribution in [0.15, 0.2) is 30.3 Å². The topological polar surface area (TPSA) is 9.23 Å². The van der Waals surface area contributed by atoms with Crippen molar-refractivity contribution in [1.82, 2.24) is 0 Å². The van der Waals surface area contributed by atoms with Crippen LogP contribution in [0.1, 0.15) is 18.1 Å². The number of hydrogen-bond acceptors (Lipinski definition) is 1. The number of rotatable bonds is 3. The third kappa shape index (κ3) is 2.21. The molecule has 1 aromatic rings. The zero-order valence-corrected chi connectivity index (χ0v) is 7.58. The van der Waals surface area contributed by atoms with Gasteiger partial charge < -0.3 is 4.74 Å². The molecule has 0 aliphatic rings. The molecular formula is C11H14O. The molecule has 0 unspecified atom stereocenters. The molecule has 1 aromatic carbocycles. The average Bonchev–Trinajstić information content (AvgIpc) is 2.09. The van der Waals surface area contributed by atoms with E-state index in [9.17, 15) is 0 Å². The molecule has 64 valence electrons. The van der Waals surface area contributed by atoms with Crippen molar-refractivity contribution in [2.45, 2.75) is 13.5 Å². The first-order valence-corrected chi connectivity index (χ1v) is 4.08. The molecule has 1 heteroatoms. The Balaban J connectivity index is 2.91. The Morgan fingerprint density at radius 2 is 2.08 bits per heavy atom. The maximum absolute atomic E-state index is 5.08.